The van der Waals surface area contributed by atoms with Crippen LogP contribution in [-0.4, -0.2) is 23.8 Å². The quantitative estimate of drug-likeness (QED) is 0.497. The first-order chi connectivity index (χ1) is 9.65. The molecule has 0 fully saturated rings. The summed E-state index contributed by atoms with van der Waals surface area (Å²) in [5, 5.41) is 13.6. The highest BCUT2D eigenvalue weighted by atomic mass is 32.2. The molecule has 0 aliphatic heterocycles. The summed E-state index contributed by atoms with van der Waals surface area (Å²) in [4.78, 5) is 12.7. The molecule has 110 valence electrons. The highest BCUT2D eigenvalue weighted by Crippen LogP contribution is 2.41. The van der Waals surface area contributed by atoms with Crippen molar-refractivity contribution in [3.05, 3.63) is 22.6 Å². The number of hydrogen-bond donors (Lipinski definition) is 2. The number of benzene rings is 1. The largest absolute Gasteiger partial charge is 0.508 e. The normalized spacial score (nSPS) is 10.0. The van der Waals surface area contributed by atoms with Crippen molar-refractivity contribution in [3.63, 3.8) is 0 Å². The van der Waals surface area contributed by atoms with Gasteiger partial charge in [0.05, 0.1) is 0 Å². The van der Waals surface area contributed by atoms with Crippen LogP contribution in [0, 0.1) is 13.8 Å². The number of phenols is 1. The van der Waals surface area contributed by atoms with Crippen molar-refractivity contribution < 1.29 is 9.90 Å². The monoisotopic (exact) mass is 311 g/mol. The van der Waals surface area contributed by atoms with Crippen LogP contribution < -0.4 is 5.32 Å². The van der Waals surface area contributed by atoms with Crippen LogP contribution in [0.5, 0.6) is 5.75 Å². The van der Waals surface area contributed by atoms with E-state index in [4.69, 9.17) is 0 Å². The number of thioether (sulfide) groups is 1. The van der Waals surface area contributed by atoms with Gasteiger partial charge < -0.3 is 10.4 Å². The van der Waals surface area contributed by atoms with Gasteiger partial charge in [-0.3, -0.25) is 4.79 Å². The van der Waals surface area contributed by atoms with E-state index in [1.54, 1.807) is 29.2 Å². The molecule has 2 aromatic rings. The molecule has 1 aromatic carbocycles. The summed E-state index contributed by atoms with van der Waals surface area (Å²) in [7, 11) is 0. The lowest BCUT2D eigenvalue weighted by molar-refractivity contribution is -0.109. The average Bonchev–Trinajstić information content (AvgIpc) is 2.78. The molecule has 0 aliphatic rings. The Morgan fingerprint density at radius 3 is 2.70 bits per heavy atom. The molecule has 0 radical (unpaired) electrons. The molecule has 5 heteroatoms. The van der Waals surface area contributed by atoms with E-state index in [0.29, 0.717) is 12.3 Å². The number of carbonyl (C=O) groups excluding carboxylic acids is 1. The maximum atomic E-state index is 10.2. The molecule has 0 unspecified atom stereocenters. The molecule has 20 heavy (non-hydrogen) atoms. The van der Waals surface area contributed by atoms with Crippen LogP contribution in [0.15, 0.2) is 17.0 Å². The summed E-state index contributed by atoms with van der Waals surface area (Å²) in [5.74, 6) is 1.17. The first-order valence-electron chi connectivity index (χ1n) is 6.66. The number of carbonyl (C=O) groups is 1. The third-order valence-corrected chi connectivity index (χ3v) is 5.19. The van der Waals surface area contributed by atoms with E-state index in [2.05, 4.69) is 12.2 Å². The van der Waals surface area contributed by atoms with Gasteiger partial charge >= 0.3 is 0 Å². The van der Waals surface area contributed by atoms with Gasteiger partial charge in [-0.25, -0.2) is 0 Å². The van der Waals surface area contributed by atoms with E-state index < -0.39 is 0 Å². The predicted octanol–water partition coefficient (Wildman–Crippen LogP) is 4.09. The summed E-state index contributed by atoms with van der Waals surface area (Å²) in [5.41, 5.74) is 0.933. The highest BCUT2D eigenvalue weighted by Gasteiger charge is 2.13. The Balaban J connectivity index is 0.000000956. The van der Waals surface area contributed by atoms with E-state index in [-0.39, 0.29) is 0 Å². The Kier molecular flexibility index (Phi) is 6.88. The minimum absolute atomic E-state index is 0.341. The molecule has 1 aromatic heterocycles. The number of phenolic OH excluding ortho intramolecular Hbond substituents is 1. The molecule has 2 N–H and O–H groups in total. The molecule has 3 nitrogen and oxygen atoms in total. The van der Waals surface area contributed by atoms with Crippen LogP contribution in [0.2, 0.25) is 0 Å². The number of fused-ring (bicyclic) bond motifs is 1. The minimum Gasteiger partial charge on any atom is -0.508 e. The Morgan fingerprint density at radius 2 is 2.05 bits per heavy atom. The number of aromatic hydroxyl groups is 1. The van der Waals surface area contributed by atoms with Gasteiger partial charge in [-0.2, -0.15) is 0 Å². The standard InChI is InChI=1S/C13H15NO2S2.C2H6/c1-8-10(16)3-4-11-12(8)13(9(2)18-11)17-6-5-14-7-15;1-2/h3-4,7,16H,5-6H2,1-2H3,(H,14,15);1-2H3. The van der Waals surface area contributed by atoms with Crippen LogP contribution >= 0.6 is 23.1 Å². The smallest absolute Gasteiger partial charge is 0.207 e. The van der Waals surface area contributed by atoms with Gasteiger partial charge in [0.1, 0.15) is 5.75 Å². The van der Waals surface area contributed by atoms with Crippen molar-refractivity contribution in [3.8, 4) is 5.75 Å². The molecule has 1 heterocycles. The highest BCUT2D eigenvalue weighted by molar-refractivity contribution is 7.99. The first-order valence-corrected chi connectivity index (χ1v) is 8.47. The molecule has 0 spiro atoms. The second-order valence-corrected chi connectivity index (χ2v) is 6.35. The number of aryl methyl sites for hydroxylation is 2. The number of rotatable bonds is 5. The first kappa shape index (κ1) is 16.9. The topological polar surface area (TPSA) is 49.3 Å². The summed E-state index contributed by atoms with van der Waals surface area (Å²) in [6.45, 7) is 8.69. The lowest BCUT2D eigenvalue weighted by Gasteiger charge is -2.05. The van der Waals surface area contributed by atoms with Crippen LogP contribution in [0.3, 0.4) is 0 Å². The van der Waals surface area contributed by atoms with Crippen molar-refractivity contribution in [2.45, 2.75) is 32.6 Å². The van der Waals surface area contributed by atoms with Crippen LogP contribution in [0.25, 0.3) is 10.1 Å². The summed E-state index contributed by atoms with van der Waals surface area (Å²) in [6, 6.07) is 3.71. The fourth-order valence-corrected chi connectivity index (χ4v) is 4.29. The van der Waals surface area contributed by atoms with Crippen molar-refractivity contribution in [2.24, 2.45) is 0 Å². The van der Waals surface area contributed by atoms with Crippen LogP contribution in [0.1, 0.15) is 24.3 Å². The fourth-order valence-electron chi connectivity index (χ4n) is 1.88. The molecule has 1 amide bonds. The Bertz CT molecular complexity index is 579. The number of thiophene rings is 1. The third-order valence-electron chi connectivity index (χ3n) is 2.78. The molecule has 2 rings (SSSR count). The summed E-state index contributed by atoms with van der Waals surface area (Å²) >= 11 is 3.47. The lowest BCUT2D eigenvalue weighted by Crippen LogP contribution is -2.13. The van der Waals surface area contributed by atoms with Gasteiger partial charge in [-0.05, 0) is 26.0 Å². The number of hydrogen-bond acceptors (Lipinski definition) is 4. The van der Waals surface area contributed by atoms with E-state index in [9.17, 15) is 9.90 Å². The zero-order valence-electron chi connectivity index (χ0n) is 12.3. The zero-order valence-corrected chi connectivity index (χ0v) is 14.0. The van der Waals surface area contributed by atoms with Gasteiger partial charge in [0.15, 0.2) is 0 Å². The molecule has 0 saturated heterocycles. The fraction of sp³-hybridized carbons (Fsp3) is 0.400. The number of amides is 1. The molecular weight excluding hydrogens is 290 g/mol. The molecule has 0 aliphatic carbocycles. The number of nitrogens with one attached hydrogen (secondary N) is 1. The average molecular weight is 311 g/mol. The van der Waals surface area contributed by atoms with Gasteiger partial charge in [0, 0.05) is 37.7 Å². The van der Waals surface area contributed by atoms with Gasteiger partial charge in [-0.1, -0.05) is 13.8 Å². The van der Waals surface area contributed by atoms with E-state index >= 15 is 0 Å². The van der Waals surface area contributed by atoms with E-state index in [1.807, 2.05) is 26.8 Å². The second-order valence-electron chi connectivity index (χ2n) is 3.99. The maximum absolute atomic E-state index is 10.2. The van der Waals surface area contributed by atoms with Gasteiger partial charge in [-0.15, -0.1) is 23.1 Å². The molecule has 0 bridgehead atoms. The van der Waals surface area contributed by atoms with Crippen molar-refractivity contribution >= 4 is 39.6 Å². The lowest BCUT2D eigenvalue weighted by atomic mass is 10.1. The molecule has 0 atom stereocenters. The van der Waals surface area contributed by atoms with Crippen molar-refractivity contribution in [2.75, 3.05) is 12.3 Å². The maximum Gasteiger partial charge on any atom is 0.207 e. The molecule has 0 saturated carbocycles. The summed E-state index contributed by atoms with van der Waals surface area (Å²) < 4.78 is 1.20. The van der Waals surface area contributed by atoms with Crippen molar-refractivity contribution in [1.29, 1.82) is 0 Å². The van der Waals surface area contributed by atoms with Gasteiger partial charge in [0.25, 0.3) is 0 Å². The summed E-state index contributed by atoms with van der Waals surface area (Å²) in [6.07, 6.45) is 0.718. The van der Waals surface area contributed by atoms with Gasteiger partial charge in [0.2, 0.25) is 6.41 Å². The molecular formula is C15H21NO2S2. The van der Waals surface area contributed by atoms with E-state index in [0.717, 1.165) is 23.1 Å². The van der Waals surface area contributed by atoms with Crippen LogP contribution in [-0.2, 0) is 4.79 Å². The second kappa shape index (κ2) is 8.17. The predicted molar refractivity (Wildman–Crippen MR) is 89.1 cm³/mol. The Hall–Kier alpha value is -1.20. The van der Waals surface area contributed by atoms with Crippen molar-refractivity contribution in [1.82, 2.24) is 5.32 Å². The Morgan fingerprint density at radius 1 is 1.35 bits per heavy atom. The minimum atomic E-state index is 0.341. The third kappa shape index (κ3) is 3.67. The van der Waals surface area contributed by atoms with Crippen LogP contribution in [0.4, 0.5) is 0 Å². The zero-order chi connectivity index (χ0) is 15.1. The van der Waals surface area contributed by atoms with E-state index in [1.165, 1.54) is 14.5 Å². The Labute approximate surface area is 128 Å². The SMILES string of the molecule is CC.Cc1sc2ccc(O)c(C)c2c1SCCNC=O.